The largest absolute Gasteiger partial charge is 0.512 e. The first-order valence-electron chi connectivity index (χ1n) is 6.83. The third-order valence-corrected chi connectivity index (χ3v) is 3.66. The molecule has 4 nitrogen and oxygen atoms in total. The third-order valence-electron chi connectivity index (χ3n) is 2.95. The van der Waals surface area contributed by atoms with E-state index in [9.17, 15) is 9.67 Å². The average molecular weight is 302 g/mol. The molecule has 0 heterocycles. The Kier molecular flexibility index (Phi) is 8.79. The molecule has 0 radical (unpaired) electrons. The Morgan fingerprint density at radius 1 is 1.00 bits per heavy atom. The van der Waals surface area contributed by atoms with Gasteiger partial charge in [-0.15, -0.1) is 0 Å². The lowest BCUT2D eigenvalue weighted by atomic mass is 10.1. The van der Waals surface area contributed by atoms with Gasteiger partial charge < -0.3 is 14.9 Å². The fourth-order valence-electron chi connectivity index (χ4n) is 1.70. The van der Waals surface area contributed by atoms with E-state index in [0.717, 1.165) is 19.3 Å². The first-order chi connectivity index (χ1) is 9.11. The van der Waals surface area contributed by atoms with Crippen molar-refractivity contribution in [3.8, 4) is 0 Å². The van der Waals surface area contributed by atoms with Crippen LogP contribution in [0.1, 0.15) is 53.4 Å². The third kappa shape index (κ3) is 11.0. The second-order valence-corrected chi connectivity index (χ2v) is 7.10. The van der Waals surface area contributed by atoms with Crippen molar-refractivity contribution in [1.29, 1.82) is 0 Å². The van der Waals surface area contributed by atoms with Crippen LogP contribution in [0, 0.1) is 0 Å². The molecule has 0 aliphatic rings. The van der Waals surface area contributed by atoms with E-state index in [4.69, 9.17) is 9.79 Å². The van der Waals surface area contributed by atoms with Crippen molar-refractivity contribution in [2.75, 3.05) is 6.16 Å². The Hall–Kier alpha value is -0.830. The van der Waals surface area contributed by atoms with Crippen LogP contribution < -0.4 is 0 Å². The van der Waals surface area contributed by atoms with Gasteiger partial charge in [-0.05, 0) is 59.0 Å². The van der Waals surface area contributed by atoms with E-state index in [-0.39, 0.29) is 5.76 Å². The van der Waals surface area contributed by atoms with Crippen molar-refractivity contribution in [3.05, 3.63) is 34.6 Å². The van der Waals surface area contributed by atoms with E-state index in [1.165, 1.54) is 11.1 Å². The predicted molar refractivity (Wildman–Crippen MR) is 83.9 cm³/mol. The Labute approximate surface area is 122 Å². The number of aliphatic hydroxyl groups is 1. The number of hydrogen-bond acceptors (Lipinski definition) is 2. The molecule has 5 heteroatoms. The summed E-state index contributed by atoms with van der Waals surface area (Å²) in [6.45, 7) is 7.94. The molecule has 0 spiro atoms. The summed E-state index contributed by atoms with van der Waals surface area (Å²) in [5, 5.41) is 9.58. The summed E-state index contributed by atoms with van der Waals surface area (Å²) in [6.07, 6.45) is 7.19. The van der Waals surface area contributed by atoms with Crippen LogP contribution in [0.2, 0.25) is 0 Å². The van der Waals surface area contributed by atoms with Crippen molar-refractivity contribution in [2.45, 2.75) is 53.4 Å². The highest BCUT2D eigenvalue weighted by molar-refractivity contribution is 7.52. The number of hydrogen-bond donors (Lipinski definition) is 3. The van der Waals surface area contributed by atoms with Gasteiger partial charge in [0.15, 0.2) is 0 Å². The highest BCUT2D eigenvalue weighted by Gasteiger charge is 2.16. The maximum absolute atomic E-state index is 10.8. The molecule has 0 saturated carbocycles. The van der Waals surface area contributed by atoms with Crippen LogP contribution in [-0.2, 0) is 4.57 Å². The van der Waals surface area contributed by atoms with Gasteiger partial charge in [-0.2, -0.15) is 0 Å². The van der Waals surface area contributed by atoms with Crippen LogP contribution in [0.3, 0.4) is 0 Å². The molecular formula is C15H27O4P. The van der Waals surface area contributed by atoms with Gasteiger partial charge in [0.2, 0.25) is 0 Å². The summed E-state index contributed by atoms with van der Waals surface area (Å²) >= 11 is 0. The lowest BCUT2D eigenvalue weighted by Crippen LogP contribution is -1.96. The molecule has 0 saturated heterocycles. The van der Waals surface area contributed by atoms with E-state index >= 15 is 0 Å². The molecule has 0 aromatic carbocycles. The van der Waals surface area contributed by atoms with Crippen LogP contribution >= 0.6 is 7.60 Å². The maximum atomic E-state index is 10.8. The Bertz CT molecular complexity index is 437. The molecule has 0 unspecified atom stereocenters. The maximum Gasteiger partial charge on any atom is 0.333 e. The van der Waals surface area contributed by atoms with Crippen LogP contribution in [0.5, 0.6) is 0 Å². The summed E-state index contributed by atoms with van der Waals surface area (Å²) in [5.41, 5.74) is 3.25. The summed E-state index contributed by atoms with van der Waals surface area (Å²) in [7, 11) is -4.18. The Morgan fingerprint density at radius 2 is 1.55 bits per heavy atom. The van der Waals surface area contributed by atoms with Crippen molar-refractivity contribution in [2.24, 2.45) is 0 Å². The molecular weight excluding hydrogens is 275 g/mol. The van der Waals surface area contributed by atoms with Crippen molar-refractivity contribution >= 4 is 7.60 Å². The number of aliphatic hydroxyl groups excluding tert-OH is 1. The zero-order valence-electron chi connectivity index (χ0n) is 12.9. The zero-order chi connectivity index (χ0) is 15.8. The average Bonchev–Trinajstić information content (AvgIpc) is 2.25. The van der Waals surface area contributed by atoms with Crippen LogP contribution in [0.15, 0.2) is 34.6 Å². The minimum Gasteiger partial charge on any atom is -0.512 e. The minimum absolute atomic E-state index is 0.186. The first kappa shape index (κ1) is 19.2. The molecule has 0 rings (SSSR count). The molecule has 0 fully saturated rings. The standard InChI is InChI=1S/C15H27O4P/c1-12(2)7-5-8-13(3)9-6-10-14(4)15(16)11-20(17,18)19/h7,9,16H,5-6,8,10-11H2,1-4H3,(H2,17,18,19)/b13-9-,15-14+. The highest BCUT2D eigenvalue weighted by Crippen LogP contribution is 2.37. The lowest BCUT2D eigenvalue weighted by molar-refractivity contribution is 0.353. The van der Waals surface area contributed by atoms with Gasteiger partial charge in [0, 0.05) is 0 Å². The number of rotatable bonds is 8. The zero-order valence-corrected chi connectivity index (χ0v) is 13.8. The monoisotopic (exact) mass is 302 g/mol. The molecule has 0 bridgehead atoms. The fraction of sp³-hybridized carbons (Fsp3) is 0.600. The molecule has 0 aliphatic heterocycles. The second-order valence-electron chi connectivity index (χ2n) is 5.46. The van der Waals surface area contributed by atoms with E-state index in [1.807, 2.05) is 0 Å². The highest BCUT2D eigenvalue weighted by atomic mass is 31.2. The second kappa shape index (κ2) is 9.17. The molecule has 0 atom stereocenters. The van der Waals surface area contributed by atoms with Crippen LogP contribution in [-0.4, -0.2) is 21.1 Å². The van der Waals surface area contributed by atoms with Gasteiger partial charge in [-0.1, -0.05) is 23.3 Å². The summed E-state index contributed by atoms with van der Waals surface area (Å²) in [4.78, 5) is 17.6. The molecule has 0 aromatic rings. The van der Waals surface area contributed by atoms with E-state index in [1.54, 1.807) is 6.92 Å². The van der Waals surface area contributed by atoms with Crippen molar-refractivity contribution < 1.29 is 19.5 Å². The lowest BCUT2D eigenvalue weighted by Gasteiger charge is -2.07. The van der Waals surface area contributed by atoms with Gasteiger partial charge in [0.25, 0.3) is 0 Å². The van der Waals surface area contributed by atoms with Gasteiger partial charge >= 0.3 is 7.60 Å². The van der Waals surface area contributed by atoms with Crippen LogP contribution in [0.4, 0.5) is 0 Å². The van der Waals surface area contributed by atoms with Crippen molar-refractivity contribution in [1.82, 2.24) is 0 Å². The summed E-state index contributed by atoms with van der Waals surface area (Å²) in [5.74, 6) is -0.186. The smallest absolute Gasteiger partial charge is 0.333 e. The predicted octanol–water partition coefficient (Wildman–Crippen LogP) is 4.47. The molecule has 0 amide bonds. The SMILES string of the molecule is CC(C)=CCC/C(C)=C\CC/C(C)=C(/O)CP(=O)(O)O. The van der Waals surface area contributed by atoms with Gasteiger partial charge in [-0.3, -0.25) is 4.57 Å². The van der Waals surface area contributed by atoms with Gasteiger partial charge in [-0.25, -0.2) is 0 Å². The number of allylic oxidation sites excluding steroid dienone is 6. The summed E-state index contributed by atoms with van der Waals surface area (Å²) in [6, 6.07) is 0. The topological polar surface area (TPSA) is 77.8 Å². The van der Waals surface area contributed by atoms with Gasteiger partial charge in [0.1, 0.15) is 11.9 Å². The van der Waals surface area contributed by atoms with E-state index in [0.29, 0.717) is 12.0 Å². The Morgan fingerprint density at radius 3 is 2.05 bits per heavy atom. The molecule has 116 valence electrons. The van der Waals surface area contributed by atoms with Crippen LogP contribution in [0.25, 0.3) is 0 Å². The molecule has 0 aliphatic carbocycles. The molecule has 20 heavy (non-hydrogen) atoms. The van der Waals surface area contributed by atoms with Crippen molar-refractivity contribution in [3.63, 3.8) is 0 Å². The van der Waals surface area contributed by atoms with Gasteiger partial charge in [0.05, 0.1) is 0 Å². The van der Waals surface area contributed by atoms with E-state index in [2.05, 4.69) is 32.9 Å². The fourth-order valence-corrected chi connectivity index (χ4v) is 2.36. The molecule has 3 N–H and O–H groups in total. The quantitative estimate of drug-likeness (QED) is 0.351. The first-order valence-corrected chi connectivity index (χ1v) is 8.62. The van der Waals surface area contributed by atoms with E-state index < -0.39 is 13.8 Å². The summed E-state index contributed by atoms with van der Waals surface area (Å²) < 4.78 is 10.8. The minimum atomic E-state index is -4.18. The normalized spacial score (nSPS) is 14.0. The molecule has 0 aromatic heterocycles. The Balaban J connectivity index is 4.24.